The van der Waals surface area contributed by atoms with Gasteiger partial charge in [0.2, 0.25) is 6.79 Å². The molecule has 0 bridgehead atoms. The van der Waals surface area contributed by atoms with Crippen molar-refractivity contribution in [1.29, 1.82) is 5.26 Å². The van der Waals surface area contributed by atoms with Crippen molar-refractivity contribution in [3.05, 3.63) is 63.6 Å². The number of anilines is 1. The van der Waals surface area contributed by atoms with Crippen molar-refractivity contribution in [3.8, 4) is 28.8 Å². The second-order valence-electron chi connectivity index (χ2n) is 5.83. The highest BCUT2D eigenvalue weighted by Gasteiger charge is 2.16. The Kier molecular flexibility index (Phi) is 4.71. The summed E-state index contributed by atoms with van der Waals surface area (Å²) in [6.07, 6.45) is 1.65. The summed E-state index contributed by atoms with van der Waals surface area (Å²) in [6.45, 7) is 2.16. The smallest absolute Gasteiger partial charge is 0.231 e. The molecule has 0 radical (unpaired) electrons. The predicted octanol–water partition coefficient (Wildman–Crippen LogP) is 5.48. The van der Waals surface area contributed by atoms with Crippen LogP contribution in [0.15, 0.2) is 48.0 Å². The van der Waals surface area contributed by atoms with Crippen LogP contribution >= 0.6 is 22.9 Å². The Morgan fingerprint density at radius 1 is 1.30 bits per heavy atom. The zero-order valence-electron chi connectivity index (χ0n) is 14.3. The van der Waals surface area contributed by atoms with Crippen molar-refractivity contribution in [3.63, 3.8) is 0 Å². The first-order chi connectivity index (χ1) is 13.2. The summed E-state index contributed by atoms with van der Waals surface area (Å²) in [4.78, 5) is 4.59. The van der Waals surface area contributed by atoms with Gasteiger partial charge in [0.25, 0.3) is 0 Å². The zero-order chi connectivity index (χ0) is 18.8. The highest BCUT2D eigenvalue weighted by atomic mass is 35.5. The molecule has 0 amide bonds. The van der Waals surface area contributed by atoms with Crippen LogP contribution in [-0.2, 0) is 0 Å². The van der Waals surface area contributed by atoms with Gasteiger partial charge in [0.1, 0.15) is 16.6 Å². The molecule has 4 rings (SSSR count). The van der Waals surface area contributed by atoms with E-state index in [-0.39, 0.29) is 6.79 Å². The number of fused-ring (bicyclic) bond motifs is 1. The lowest BCUT2D eigenvalue weighted by atomic mass is 10.1. The maximum absolute atomic E-state index is 9.53. The van der Waals surface area contributed by atoms with Crippen molar-refractivity contribution < 1.29 is 9.47 Å². The molecular weight excluding hydrogens is 382 g/mol. The van der Waals surface area contributed by atoms with E-state index in [0.717, 1.165) is 28.3 Å². The van der Waals surface area contributed by atoms with E-state index in [4.69, 9.17) is 21.1 Å². The van der Waals surface area contributed by atoms with Crippen molar-refractivity contribution in [2.75, 3.05) is 12.1 Å². The molecule has 0 unspecified atom stereocenters. The number of hydrogen-bond donors (Lipinski definition) is 1. The van der Waals surface area contributed by atoms with E-state index in [9.17, 15) is 5.26 Å². The second-order valence-corrected chi connectivity index (χ2v) is 7.10. The normalized spacial score (nSPS) is 12.7. The Hall–Kier alpha value is -3.01. The van der Waals surface area contributed by atoms with Gasteiger partial charge in [-0.3, -0.25) is 0 Å². The number of nitrogens with zero attached hydrogens (tertiary/aromatic N) is 2. The van der Waals surface area contributed by atoms with E-state index in [1.54, 1.807) is 6.20 Å². The number of allylic oxidation sites excluding steroid dienone is 1. The van der Waals surface area contributed by atoms with Gasteiger partial charge in [-0.25, -0.2) is 4.98 Å². The van der Waals surface area contributed by atoms with Crippen LogP contribution in [0, 0.1) is 18.3 Å². The fraction of sp³-hybridized carbons (Fsp3) is 0.100. The van der Waals surface area contributed by atoms with Crippen LogP contribution in [0.2, 0.25) is 5.02 Å². The molecule has 0 aliphatic carbocycles. The van der Waals surface area contributed by atoms with Gasteiger partial charge in [0.15, 0.2) is 11.5 Å². The molecule has 3 aromatic rings. The Morgan fingerprint density at radius 3 is 3.00 bits per heavy atom. The van der Waals surface area contributed by atoms with Gasteiger partial charge in [0, 0.05) is 27.9 Å². The Balaban J connectivity index is 1.59. The number of nitriles is 1. The number of benzene rings is 2. The van der Waals surface area contributed by atoms with Gasteiger partial charge in [-0.2, -0.15) is 5.26 Å². The standard InChI is InChI=1S/C20H14ClN3O2S/c1-12-15(21)3-2-4-16(12)23-9-14(8-22)20-24-17(10-27-20)13-5-6-18-19(7-13)26-11-25-18/h2-7,9-10,23H,11H2,1H3. The summed E-state index contributed by atoms with van der Waals surface area (Å²) in [7, 11) is 0. The first-order valence-electron chi connectivity index (χ1n) is 8.13. The second kappa shape index (κ2) is 7.31. The van der Waals surface area contributed by atoms with Crippen molar-refractivity contribution in [1.82, 2.24) is 4.98 Å². The molecule has 0 spiro atoms. The summed E-state index contributed by atoms with van der Waals surface area (Å²) in [6, 6.07) is 13.5. The van der Waals surface area contributed by atoms with Gasteiger partial charge < -0.3 is 14.8 Å². The number of thiazole rings is 1. The lowest BCUT2D eigenvalue weighted by Crippen LogP contribution is -1.94. The third-order valence-corrected chi connectivity index (χ3v) is 5.45. The van der Waals surface area contributed by atoms with Crippen molar-refractivity contribution in [2.45, 2.75) is 6.92 Å². The lowest BCUT2D eigenvalue weighted by molar-refractivity contribution is 0.174. The summed E-state index contributed by atoms with van der Waals surface area (Å²) >= 11 is 7.55. The quantitative estimate of drug-likeness (QED) is 0.592. The van der Waals surface area contributed by atoms with Crippen LogP contribution in [0.25, 0.3) is 16.8 Å². The van der Waals surface area contributed by atoms with E-state index < -0.39 is 0 Å². The fourth-order valence-electron chi connectivity index (χ4n) is 2.64. The SMILES string of the molecule is Cc1c(Cl)cccc1NC=C(C#N)c1nc(-c2ccc3c(c2)OCO3)cs1. The molecule has 0 saturated carbocycles. The molecule has 2 heterocycles. The van der Waals surface area contributed by atoms with E-state index in [0.29, 0.717) is 21.4 Å². The van der Waals surface area contributed by atoms with Gasteiger partial charge in [0.05, 0.1) is 5.69 Å². The van der Waals surface area contributed by atoms with Crippen LogP contribution in [0.1, 0.15) is 10.6 Å². The minimum atomic E-state index is 0.233. The van der Waals surface area contributed by atoms with E-state index in [1.165, 1.54) is 11.3 Å². The van der Waals surface area contributed by atoms with Gasteiger partial charge in [-0.05, 0) is 42.8 Å². The first kappa shape index (κ1) is 17.4. The maximum atomic E-state index is 9.53. The first-order valence-corrected chi connectivity index (χ1v) is 9.39. The van der Waals surface area contributed by atoms with Crippen LogP contribution in [0.3, 0.4) is 0 Å². The van der Waals surface area contributed by atoms with Gasteiger partial charge in [-0.1, -0.05) is 17.7 Å². The highest BCUT2D eigenvalue weighted by molar-refractivity contribution is 7.11. The zero-order valence-corrected chi connectivity index (χ0v) is 15.9. The van der Waals surface area contributed by atoms with Crippen LogP contribution in [0.4, 0.5) is 5.69 Å². The predicted molar refractivity (Wildman–Crippen MR) is 107 cm³/mol. The molecule has 5 nitrogen and oxygen atoms in total. The number of rotatable bonds is 4. The number of nitrogens with one attached hydrogen (secondary N) is 1. The van der Waals surface area contributed by atoms with Crippen LogP contribution < -0.4 is 14.8 Å². The number of halogens is 1. The Morgan fingerprint density at radius 2 is 2.15 bits per heavy atom. The van der Waals surface area contributed by atoms with Crippen LogP contribution in [-0.4, -0.2) is 11.8 Å². The summed E-state index contributed by atoms with van der Waals surface area (Å²) in [5.41, 5.74) is 3.92. The molecule has 0 saturated heterocycles. The maximum Gasteiger partial charge on any atom is 0.231 e. The molecular formula is C20H14ClN3O2S. The minimum Gasteiger partial charge on any atom is -0.454 e. The molecule has 1 N–H and O–H groups in total. The topological polar surface area (TPSA) is 67.2 Å². The van der Waals surface area contributed by atoms with Crippen molar-refractivity contribution in [2.24, 2.45) is 0 Å². The van der Waals surface area contributed by atoms with Crippen molar-refractivity contribution >= 4 is 34.2 Å². The highest BCUT2D eigenvalue weighted by Crippen LogP contribution is 2.36. The molecule has 134 valence electrons. The average Bonchev–Trinajstić information content (AvgIpc) is 3.34. The fourth-order valence-corrected chi connectivity index (χ4v) is 3.61. The number of aromatic nitrogens is 1. The van der Waals surface area contributed by atoms with Gasteiger partial charge in [-0.15, -0.1) is 11.3 Å². The third-order valence-electron chi connectivity index (χ3n) is 4.16. The van der Waals surface area contributed by atoms with E-state index in [1.807, 2.05) is 48.7 Å². The van der Waals surface area contributed by atoms with Crippen LogP contribution in [0.5, 0.6) is 11.5 Å². The molecule has 1 aromatic heterocycles. The molecule has 1 aliphatic heterocycles. The third kappa shape index (κ3) is 3.47. The monoisotopic (exact) mass is 395 g/mol. The molecule has 2 aromatic carbocycles. The molecule has 0 atom stereocenters. The molecule has 1 aliphatic rings. The summed E-state index contributed by atoms with van der Waals surface area (Å²) < 4.78 is 10.7. The Labute approximate surface area is 165 Å². The molecule has 0 fully saturated rings. The number of ether oxygens (including phenoxy) is 2. The minimum absolute atomic E-state index is 0.233. The van der Waals surface area contributed by atoms with E-state index in [2.05, 4.69) is 16.4 Å². The number of hydrogen-bond acceptors (Lipinski definition) is 6. The van der Waals surface area contributed by atoms with Gasteiger partial charge >= 0.3 is 0 Å². The van der Waals surface area contributed by atoms with E-state index >= 15 is 0 Å². The summed E-state index contributed by atoms with van der Waals surface area (Å²) in [5.74, 6) is 1.43. The molecule has 27 heavy (non-hydrogen) atoms. The Bertz CT molecular complexity index is 1090. The average molecular weight is 396 g/mol. The molecule has 7 heteroatoms. The lowest BCUT2D eigenvalue weighted by Gasteiger charge is -2.07. The largest absolute Gasteiger partial charge is 0.454 e. The summed E-state index contributed by atoms with van der Waals surface area (Å²) in [5, 5.41) is 15.9.